The molecule has 1 aliphatic carbocycles. The third-order valence-corrected chi connectivity index (χ3v) is 5.08. The molecular formula is C16H23BrN2. The van der Waals surface area contributed by atoms with E-state index in [2.05, 4.69) is 51.0 Å². The summed E-state index contributed by atoms with van der Waals surface area (Å²) in [6, 6.07) is 7.54. The molecule has 0 bridgehead atoms. The Bertz CT molecular complexity index is 446. The quantitative estimate of drug-likeness (QED) is 0.781. The molecule has 0 N–H and O–H groups in total. The lowest BCUT2D eigenvalue weighted by Crippen LogP contribution is -2.34. The van der Waals surface area contributed by atoms with E-state index in [-0.39, 0.29) is 0 Å². The third-order valence-electron chi connectivity index (χ3n) is 4.58. The topological polar surface area (TPSA) is 6.48 Å². The van der Waals surface area contributed by atoms with Crippen LogP contribution in [-0.4, -0.2) is 43.0 Å². The molecule has 3 heteroatoms. The van der Waals surface area contributed by atoms with Crippen molar-refractivity contribution in [3.63, 3.8) is 0 Å². The fourth-order valence-electron chi connectivity index (χ4n) is 3.51. The minimum absolute atomic E-state index is 0.656. The van der Waals surface area contributed by atoms with Crippen LogP contribution in [0.4, 0.5) is 0 Å². The summed E-state index contributed by atoms with van der Waals surface area (Å²) in [6.45, 7) is 4.93. The number of hydrogen-bond acceptors (Lipinski definition) is 2. The average molecular weight is 323 g/mol. The normalized spacial score (nSPS) is 25.9. The molecule has 1 atom stereocenters. The highest BCUT2D eigenvalue weighted by atomic mass is 79.9. The molecule has 1 saturated heterocycles. The number of halogens is 1. The van der Waals surface area contributed by atoms with E-state index in [0.717, 1.165) is 0 Å². The van der Waals surface area contributed by atoms with Crippen LogP contribution in [0.5, 0.6) is 0 Å². The van der Waals surface area contributed by atoms with E-state index in [0.29, 0.717) is 6.04 Å². The number of aryl methyl sites for hydroxylation is 1. The highest BCUT2D eigenvalue weighted by molar-refractivity contribution is 9.10. The first-order valence-corrected chi connectivity index (χ1v) is 8.24. The van der Waals surface area contributed by atoms with Crippen LogP contribution in [0.15, 0.2) is 22.7 Å². The Morgan fingerprint density at radius 1 is 1.11 bits per heavy atom. The van der Waals surface area contributed by atoms with Crippen molar-refractivity contribution in [3.05, 3.63) is 33.8 Å². The van der Waals surface area contributed by atoms with Gasteiger partial charge in [0.15, 0.2) is 0 Å². The van der Waals surface area contributed by atoms with Crippen molar-refractivity contribution in [2.45, 2.75) is 31.7 Å². The molecule has 1 fully saturated rings. The Morgan fingerprint density at radius 3 is 2.89 bits per heavy atom. The maximum Gasteiger partial charge on any atom is 0.0351 e. The predicted octanol–water partition coefficient (Wildman–Crippen LogP) is 3.46. The highest BCUT2D eigenvalue weighted by Gasteiger charge is 2.26. The molecule has 1 aromatic rings. The molecule has 3 rings (SSSR count). The van der Waals surface area contributed by atoms with Crippen molar-refractivity contribution in [1.82, 2.24) is 9.80 Å². The van der Waals surface area contributed by atoms with Gasteiger partial charge in [-0.2, -0.15) is 0 Å². The largest absolute Gasteiger partial charge is 0.305 e. The first kappa shape index (κ1) is 13.6. The maximum absolute atomic E-state index is 3.61. The van der Waals surface area contributed by atoms with Crippen molar-refractivity contribution >= 4 is 15.9 Å². The molecule has 0 spiro atoms. The monoisotopic (exact) mass is 322 g/mol. The zero-order valence-corrected chi connectivity index (χ0v) is 13.3. The van der Waals surface area contributed by atoms with E-state index in [4.69, 9.17) is 0 Å². The zero-order valence-electron chi connectivity index (χ0n) is 11.7. The number of nitrogens with zero attached hydrogens (tertiary/aromatic N) is 2. The number of rotatable bonds is 1. The predicted molar refractivity (Wildman–Crippen MR) is 83.5 cm³/mol. The number of benzene rings is 1. The van der Waals surface area contributed by atoms with Crippen LogP contribution >= 0.6 is 15.9 Å². The molecule has 1 heterocycles. The van der Waals surface area contributed by atoms with Crippen LogP contribution < -0.4 is 0 Å². The molecule has 1 unspecified atom stereocenters. The van der Waals surface area contributed by atoms with Gasteiger partial charge >= 0.3 is 0 Å². The smallest absolute Gasteiger partial charge is 0.0351 e. The van der Waals surface area contributed by atoms with Gasteiger partial charge in [0.1, 0.15) is 0 Å². The molecule has 0 amide bonds. The van der Waals surface area contributed by atoms with Gasteiger partial charge in [-0.05, 0) is 62.5 Å². The van der Waals surface area contributed by atoms with E-state index in [1.54, 1.807) is 11.1 Å². The summed E-state index contributed by atoms with van der Waals surface area (Å²) < 4.78 is 1.22. The molecule has 1 aromatic carbocycles. The average Bonchev–Trinajstić information content (AvgIpc) is 2.62. The lowest BCUT2D eigenvalue weighted by Gasteiger charge is -2.35. The molecule has 0 aromatic heterocycles. The van der Waals surface area contributed by atoms with Gasteiger partial charge in [-0.15, -0.1) is 0 Å². The summed E-state index contributed by atoms with van der Waals surface area (Å²) in [5, 5.41) is 0. The Labute approximate surface area is 124 Å². The van der Waals surface area contributed by atoms with Crippen molar-refractivity contribution in [3.8, 4) is 0 Å². The Kier molecular flexibility index (Phi) is 4.25. The van der Waals surface area contributed by atoms with E-state index < -0.39 is 0 Å². The van der Waals surface area contributed by atoms with Crippen LogP contribution in [0.1, 0.15) is 36.4 Å². The minimum Gasteiger partial charge on any atom is -0.305 e. The van der Waals surface area contributed by atoms with Crippen molar-refractivity contribution < 1.29 is 0 Å². The second-order valence-corrected chi connectivity index (χ2v) is 6.86. The SMILES string of the molecule is CN1CCCN(C2CCCc3cc(Br)ccc32)CC1. The maximum atomic E-state index is 3.61. The standard InChI is InChI=1S/C16H23BrN2/c1-18-8-3-9-19(11-10-18)16-5-2-4-13-12-14(17)6-7-15(13)16/h6-7,12,16H,2-5,8-11H2,1H3. The van der Waals surface area contributed by atoms with E-state index >= 15 is 0 Å². The van der Waals surface area contributed by atoms with Gasteiger partial charge in [0.05, 0.1) is 0 Å². The minimum atomic E-state index is 0.656. The van der Waals surface area contributed by atoms with Crippen LogP contribution in [0.3, 0.4) is 0 Å². The van der Waals surface area contributed by atoms with E-state index in [9.17, 15) is 0 Å². The van der Waals surface area contributed by atoms with E-state index in [1.807, 2.05) is 0 Å². The molecule has 1 aliphatic heterocycles. The van der Waals surface area contributed by atoms with Crippen LogP contribution in [0.25, 0.3) is 0 Å². The number of likely N-dealkylation sites (N-methyl/N-ethyl adjacent to an activating group) is 1. The first-order chi connectivity index (χ1) is 9.24. The fraction of sp³-hybridized carbons (Fsp3) is 0.625. The lowest BCUT2D eigenvalue weighted by atomic mass is 9.86. The van der Waals surface area contributed by atoms with Gasteiger partial charge in [-0.3, -0.25) is 4.90 Å². The summed E-state index contributed by atoms with van der Waals surface area (Å²) in [5.74, 6) is 0. The van der Waals surface area contributed by atoms with Gasteiger partial charge < -0.3 is 4.90 Å². The fourth-order valence-corrected chi connectivity index (χ4v) is 3.92. The van der Waals surface area contributed by atoms with Gasteiger partial charge in [0.2, 0.25) is 0 Å². The summed E-state index contributed by atoms with van der Waals surface area (Å²) in [7, 11) is 2.25. The Balaban J connectivity index is 1.82. The first-order valence-electron chi connectivity index (χ1n) is 7.45. The van der Waals surface area contributed by atoms with Crippen LogP contribution in [-0.2, 0) is 6.42 Å². The van der Waals surface area contributed by atoms with Gasteiger partial charge in [0, 0.05) is 30.1 Å². The van der Waals surface area contributed by atoms with Crippen molar-refractivity contribution in [1.29, 1.82) is 0 Å². The molecular weight excluding hydrogens is 300 g/mol. The second kappa shape index (κ2) is 5.94. The molecule has 0 saturated carbocycles. The van der Waals surface area contributed by atoms with Crippen LogP contribution in [0.2, 0.25) is 0 Å². The van der Waals surface area contributed by atoms with Crippen molar-refractivity contribution in [2.24, 2.45) is 0 Å². The molecule has 2 nitrogen and oxygen atoms in total. The highest BCUT2D eigenvalue weighted by Crippen LogP contribution is 2.35. The van der Waals surface area contributed by atoms with Gasteiger partial charge in [-0.1, -0.05) is 22.0 Å². The Hall–Kier alpha value is -0.380. The molecule has 104 valence electrons. The molecule has 2 aliphatic rings. The third kappa shape index (κ3) is 3.04. The van der Waals surface area contributed by atoms with Crippen LogP contribution in [0, 0.1) is 0 Å². The molecule has 19 heavy (non-hydrogen) atoms. The number of fused-ring (bicyclic) bond motifs is 1. The van der Waals surface area contributed by atoms with Crippen molar-refractivity contribution in [2.75, 3.05) is 33.2 Å². The summed E-state index contributed by atoms with van der Waals surface area (Å²) in [5.41, 5.74) is 3.14. The Morgan fingerprint density at radius 2 is 2.00 bits per heavy atom. The summed E-state index contributed by atoms with van der Waals surface area (Å²) in [4.78, 5) is 5.18. The van der Waals surface area contributed by atoms with Gasteiger partial charge in [-0.25, -0.2) is 0 Å². The number of hydrogen-bond donors (Lipinski definition) is 0. The van der Waals surface area contributed by atoms with E-state index in [1.165, 1.54) is 56.3 Å². The second-order valence-electron chi connectivity index (χ2n) is 5.94. The summed E-state index contributed by atoms with van der Waals surface area (Å²) in [6.07, 6.45) is 5.22. The lowest BCUT2D eigenvalue weighted by molar-refractivity contribution is 0.184. The molecule has 0 radical (unpaired) electrons. The summed E-state index contributed by atoms with van der Waals surface area (Å²) >= 11 is 3.61. The van der Waals surface area contributed by atoms with Gasteiger partial charge in [0.25, 0.3) is 0 Å². The zero-order chi connectivity index (χ0) is 13.2.